The highest BCUT2D eigenvalue weighted by atomic mass is 19.4. The number of anilines is 1. The Morgan fingerprint density at radius 1 is 1.21 bits per heavy atom. The Hall–Kier alpha value is -2.79. The van der Waals surface area contributed by atoms with Crippen LogP contribution in [0, 0.1) is 0 Å². The van der Waals surface area contributed by atoms with Gasteiger partial charge in [0.1, 0.15) is 12.0 Å². The molecular formula is C18H18F4N6O. The van der Waals surface area contributed by atoms with E-state index in [2.05, 4.69) is 25.6 Å². The molecule has 0 radical (unpaired) electrons. The average molecular weight is 410 g/mol. The summed E-state index contributed by atoms with van der Waals surface area (Å²) in [4.78, 5) is 12.3. The van der Waals surface area contributed by atoms with Gasteiger partial charge in [-0.2, -0.15) is 13.2 Å². The van der Waals surface area contributed by atoms with Gasteiger partial charge in [-0.1, -0.05) is 6.07 Å². The molecule has 0 spiro atoms. The van der Waals surface area contributed by atoms with Gasteiger partial charge in [0, 0.05) is 19.3 Å². The minimum Gasteiger partial charge on any atom is -0.375 e. The van der Waals surface area contributed by atoms with Crippen LogP contribution >= 0.6 is 0 Å². The molecule has 3 aromatic rings. The molecule has 3 N–H and O–H groups in total. The second kappa shape index (κ2) is 6.92. The number of hydrogen-bond acceptors (Lipinski definition) is 6. The summed E-state index contributed by atoms with van der Waals surface area (Å²) in [6.07, 6.45) is -2.25. The molecule has 1 aliphatic heterocycles. The van der Waals surface area contributed by atoms with Crippen molar-refractivity contribution in [1.29, 1.82) is 0 Å². The molecule has 4 rings (SSSR count). The molecule has 7 nitrogen and oxygen atoms in total. The van der Waals surface area contributed by atoms with E-state index in [4.69, 9.17) is 0 Å². The first-order valence-corrected chi connectivity index (χ1v) is 8.88. The van der Waals surface area contributed by atoms with Crippen LogP contribution in [-0.4, -0.2) is 55.9 Å². The van der Waals surface area contributed by atoms with E-state index in [-0.39, 0.29) is 6.54 Å². The molecule has 0 amide bonds. The van der Waals surface area contributed by atoms with Crippen LogP contribution in [-0.2, 0) is 5.60 Å². The van der Waals surface area contributed by atoms with Gasteiger partial charge in [-0.05, 0) is 19.1 Å². The molecule has 3 atom stereocenters. The first kappa shape index (κ1) is 19.5. The minimum atomic E-state index is -4.89. The zero-order valence-corrected chi connectivity index (χ0v) is 15.3. The van der Waals surface area contributed by atoms with Gasteiger partial charge in [0.15, 0.2) is 5.65 Å². The lowest BCUT2D eigenvalue weighted by molar-refractivity contribution is -0.260. The molecule has 0 aromatic carbocycles. The summed E-state index contributed by atoms with van der Waals surface area (Å²) in [7, 11) is 0. The van der Waals surface area contributed by atoms with Gasteiger partial charge in [-0.25, -0.2) is 14.4 Å². The molecule has 1 fully saturated rings. The SMILES string of the molecule is CC(O)(c1cn2c(-c3cccc(NC4CNCC4F)n3)cnc2cn1)C(F)(F)F. The fourth-order valence-electron chi connectivity index (χ4n) is 3.11. The van der Waals surface area contributed by atoms with E-state index in [1.807, 2.05) is 0 Å². The van der Waals surface area contributed by atoms with Crippen LogP contribution in [0.2, 0.25) is 0 Å². The number of pyridine rings is 1. The number of nitrogens with zero attached hydrogens (tertiary/aromatic N) is 4. The summed E-state index contributed by atoms with van der Waals surface area (Å²) >= 11 is 0. The number of imidazole rings is 1. The maximum atomic E-state index is 13.8. The zero-order valence-electron chi connectivity index (χ0n) is 15.3. The van der Waals surface area contributed by atoms with Crippen molar-refractivity contribution < 1.29 is 22.7 Å². The van der Waals surface area contributed by atoms with Gasteiger partial charge in [-0.15, -0.1) is 0 Å². The molecule has 154 valence electrons. The van der Waals surface area contributed by atoms with Gasteiger partial charge < -0.3 is 15.7 Å². The molecule has 0 saturated carbocycles. The topological polar surface area (TPSA) is 87.4 Å². The number of hydrogen-bond donors (Lipinski definition) is 3. The fraction of sp³-hybridized carbons (Fsp3) is 0.389. The van der Waals surface area contributed by atoms with Crippen LogP contribution in [0.25, 0.3) is 17.0 Å². The van der Waals surface area contributed by atoms with Crippen LogP contribution in [0.15, 0.2) is 36.8 Å². The van der Waals surface area contributed by atoms with Crippen molar-refractivity contribution in [2.24, 2.45) is 0 Å². The maximum Gasteiger partial charge on any atom is 0.422 e. The average Bonchev–Trinajstić information content (AvgIpc) is 3.27. The number of halogens is 4. The monoisotopic (exact) mass is 410 g/mol. The van der Waals surface area contributed by atoms with Crippen LogP contribution < -0.4 is 10.6 Å². The molecular weight excluding hydrogens is 392 g/mol. The number of aliphatic hydroxyl groups is 1. The predicted molar refractivity (Wildman–Crippen MR) is 97.0 cm³/mol. The molecule has 1 aliphatic rings. The molecule has 3 unspecified atom stereocenters. The Bertz CT molecular complexity index is 1030. The number of rotatable bonds is 4. The Kier molecular flexibility index (Phi) is 4.66. The van der Waals surface area contributed by atoms with E-state index in [9.17, 15) is 22.7 Å². The number of fused-ring (bicyclic) bond motifs is 1. The Balaban J connectivity index is 1.71. The second-order valence-corrected chi connectivity index (χ2v) is 7.05. The van der Waals surface area contributed by atoms with Crippen molar-refractivity contribution in [1.82, 2.24) is 24.7 Å². The normalized spacial score (nSPS) is 22.0. The first-order valence-electron chi connectivity index (χ1n) is 8.88. The van der Waals surface area contributed by atoms with Crippen LogP contribution in [0.3, 0.4) is 0 Å². The first-order chi connectivity index (χ1) is 13.7. The summed E-state index contributed by atoms with van der Waals surface area (Å²) in [5, 5.41) is 15.9. The predicted octanol–water partition coefficient (Wildman–Crippen LogP) is 2.28. The van der Waals surface area contributed by atoms with E-state index in [0.29, 0.717) is 36.3 Å². The van der Waals surface area contributed by atoms with Crippen molar-refractivity contribution in [3.05, 3.63) is 42.5 Å². The molecule has 0 aliphatic carbocycles. The molecule has 4 heterocycles. The zero-order chi connectivity index (χ0) is 20.8. The summed E-state index contributed by atoms with van der Waals surface area (Å²) < 4.78 is 54.7. The van der Waals surface area contributed by atoms with Gasteiger partial charge in [-0.3, -0.25) is 9.38 Å². The van der Waals surface area contributed by atoms with Gasteiger partial charge in [0.2, 0.25) is 5.60 Å². The summed E-state index contributed by atoms with van der Waals surface area (Å²) in [6, 6.07) is 4.63. The standard InChI is InChI=1S/C18H18F4N6O/c1-17(29,18(20,21)22)14-9-28-13(7-25-16(28)8-24-14)11-3-2-4-15(26-11)27-12-6-23-5-10(12)19/h2-4,7-10,12,23,29H,5-6H2,1H3,(H,26,27). The summed E-state index contributed by atoms with van der Waals surface area (Å²) in [5.41, 5.74) is -2.56. The Morgan fingerprint density at radius 2 is 2.00 bits per heavy atom. The highest BCUT2D eigenvalue weighted by molar-refractivity contribution is 5.61. The van der Waals surface area contributed by atoms with Crippen LogP contribution in [0.5, 0.6) is 0 Å². The smallest absolute Gasteiger partial charge is 0.375 e. The number of nitrogens with one attached hydrogen (secondary N) is 2. The molecule has 11 heteroatoms. The van der Waals surface area contributed by atoms with E-state index in [0.717, 1.165) is 12.4 Å². The molecule has 3 aromatic heterocycles. The lowest BCUT2D eigenvalue weighted by Gasteiger charge is -2.25. The third-order valence-corrected chi connectivity index (χ3v) is 4.93. The molecule has 1 saturated heterocycles. The third-order valence-electron chi connectivity index (χ3n) is 4.93. The highest BCUT2D eigenvalue weighted by Crippen LogP contribution is 2.37. The van der Waals surface area contributed by atoms with Crippen molar-refractivity contribution in [3.63, 3.8) is 0 Å². The van der Waals surface area contributed by atoms with Crippen molar-refractivity contribution in [2.75, 3.05) is 18.4 Å². The van der Waals surface area contributed by atoms with Gasteiger partial charge in [0.05, 0.1) is 35.5 Å². The van der Waals surface area contributed by atoms with Crippen LogP contribution in [0.1, 0.15) is 12.6 Å². The van der Waals surface area contributed by atoms with Crippen LogP contribution in [0.4, 0.5) is 23.4 Å². The Labute approximate surface area is 162 Å². The quantitative estimate of drug-likeness (QED) is 0.572. The highest BCUT2D eigenvalue weighted by Gasteiger charge is 2.52. The third kappa shape index (κ3) is 3.51. The lowest BCUT2D eigenvalue weighted by atomic mass is 10.0. The van der Waals surface area contributed by atoms with E-state index < -0.39 is 29.7 Å². The van der Waals surface area contributed by atoms with E-state index >= 15 is 0 Å². The number of alkyl halides is 4. The van der Waals surface area contributed by atoms with Gasteiger partial charge in [0.25, 0.3) is 0 Å². The van der Waals surface area contributed by atoms with Gasteiger partial charge >= 0.3 is 6.18 Å². The van der Waals surface area contributed by atoms with E-state index in [1.54, 1.807) is 18.2 Å². The Morgan fingerprint density at radius 3 is 2.69 bits per heavy atom. The van der Waals surface area contributed by atoms with E-state index in [1.165, 1.54) is 10.6 Å². The number of aromatic nitrogens is 4. The second-order valence-electron chi connectivity index (χ2n) is 7.05. The molecule has 0 bridgehead atoms. The molecule has 29 heavy (non-hydrogen) atoms. The largest absolute Gasteiger partial charge is 0.422 e. The summed E-state index contributed by atoms with van der Waals surface area (Å²) in [6.45, 7) is 1.37. The van der Waals surface area contributed by atoms with Crippen molar-refractivity contribution in [2.45, 2.75) is 30.9 Å². The minimum absolute atomic E-state index is 0.263. The van der Waals surface area contributed by atoms with Crippen molar-refractivity contribution >= 4 is 11.5 Å². The maximum absolute atomic E-state index is 13.8. The summed E-state index contributed by atoms with van der Waals surface area (Å²) in [5.74, 6) is 0.436. The lowest BCUT2D eigenvalue weighted by Crippen LogP contribution is -2.40. The van der Waals surface area contributed by atoms with Crippen molar-refractivity contribution in [3.8, 4) is 11.4 Å². The fourth-order valence-corrected chi connectivity index (χ4v) is 3.11.